The fourth-order valence-electron chi connectivity index (χ4n) is 2.68. The molecule has 1 aliphatic rings. The summed E-state index contributed by atoms with van der Waals surface area (Å²) >= 11 is 1.92. The smallest absolute Gasteiger partial charge is 0.256 e. The number of hydrogen-bond acceptors (Lipinski definition) is 3. The Balaban J connectivity index is 1.94. The number of carbonyl (C=O) groups is 1. The minimum absolute atomic E-state index is 0.0928. The zero-order valence-electron chi connectivity index (χ0n) is 11.8. The van der Waals surface area contributed by atoms with Crippen molar-refractivity contribution in [1.82, 2.24) is 9.88 Å². The lowest BCUT2D eigenvalue weighted by molar-refractivity contribution is 0.0750. The number of nitrogens with one attached hydrogen (secondary N) is 1. The Morgan fingerprint density at radius 3 is 3.00 bits per heavy atom. The van der Waals surface area contributed by atoms with Crippen molar-refractivity contribution in [3.63, 3.8) is 0 Å². The van der Waals surface area contributed by atoms with Gasteiger partial charge in [0.1, 0.15) is 0 Å². The maximum absolute atomic E-state index is 12.7. The summed E-state index contributed by atoms with van der Waals surface area (Å²) < 4.78 is 0.124. The third-order valence-corrected chi connectivity index (χ3v) is 4.95. The number of nitrogens with zero attached hydrogens (tertiary/aromatic N) is 1. The lowest BCUT2D eigenvalue weighted by Crippen LogP contribution is -2.46. The Morgan fingerprint density at radius 1 is 1.45 bits per heavy atom. The Kier molecular flexibility index (Phi) is 3.17. The molecule has 0 unspecified atom stereocenters. The second kappa shape index (κ2) is 4.74. The van der Waals surface area contributed by atoms with Gasteiger partial charge in [-0.3, -0.25) is 4.79 Å². The van der Waals surface area contributed by atoms with E-state index in [9.17, 15) is 4.79 Å². The standard InChI is InChI=1S/C15H19N3OS/c1-15(2)9-18(5-6-20-15)14(19)12-8-17-13-4-3-10(16)7-11(12)13/h3-4,7-8,17H,5-6,9,16H2,1-2H3. The Morgan fingerprint density at radius 2 is 2.25 bits per heavy atom. The van der Waals surface area contributed by atoms with Crippen LogP contribution in [0, 0.1) is 0 Å². The first-order chi connectivity index (χ1) is 9.46. The summed E-state index contributed by atoms with van der Waals surface area (Å²) in [5.74, 6) is 1.08. The molecule has 2 aromatic rings. The highest BCUT2D eigenvalue weighted by Crippen LogP contribution is 2.31. The largest absolute Gasteiger partial charge is 0.399 e. The topological polar surface area (TPSA) is 62.1 Å². The zero-order chi connectivity index (χ0) is 14.3. The summed E-state index contributed by atoms with van der Waals surface area (Å²) in [5, 5.41) is 0.908. The van der Waals surface area contributed by atoms with Crippen LogP contribution in [0.5, 0.6) is 0 Å². The van der Waals surface area contributed by atoms with Crippen molar-refractivity contribution in [2.75, 3.05) is 24.6 Å². The van der Waals surface area contributed by atoms with Crippen LogP contribution in [0.25, 0.3) is 10.9 Å². The molecule has 0 aliphatic carbocycles. The molecule has 0 spiro atoms. The van der Waals surface area contributed by atoms with Crippen LogP contribution in [0.15, 0.2) is 24.4 Å². The quantitative estimate of drug-likeness (QED) is 0.793. The molecule has 4 nitrogen and oxygen atoms in total. The van der Waals surface area contributed by atoms with E-state index >= 15 is 0 Å². The second-order valence-electron chi connectivity index (χ2n) is 5.84. The fraction of sp³-hybridized carbons (Fsp3) is 0.400. The highest BCUT2D eigenvalue weighted by Gasteiger charge is 2.31. The highest BCUT2D eigenvalue weighted by molar-refractivity contribution is 8.00. The zero-order valence-corrected chi connectivity index (χ0v) is 12.6. The maximum atomic E-state index is 12.7. The first kappa shape index (κ1) is 13.4. The molecule has 2 heterocycles. The average molecular weight is 289 g/mol. The lowest BCUT2D eigenvalue weighted by Gasteiger charge is -2.37. The maximum Gasteiger partial charge on any atom is 0.256 e. The van der Waals surface area contributed by atoms with E-state index in [-0.39, 0.29) is 10.7 Å². The summed E-state index contributed by atoms with van der Waals surface area (Å²) in [6, 6.07) is 5.62. The van der Waals surface area contributed by atoms with E-state index in [1.807, 2.05) is 34.9 Å². The number of benzene rings is 1. The van der Waals surface area contributed by atoms with E-state index in [4.69, 9.17) is 5.73 Å². The van der Waals surface area contributed by atoms with Crippen molar-refractivity contribution >= 4 is 34.3 Å². The number of nitrogens with two attached hydrogens (primary N) is 1. The van der Waals surface area contributed by atoms with Crippen LogP contribution in [0.3, 0.4) is 0 Å². The van der Waals surface area contributed by atoms with Crippen LogP contribution >= 0.6 is 11.8 Å². The van der Waals surface area contributed by atoms with Gasteiger partial charge in [-0.25, -0.2) is 0 Å². The van der Waals surface area contributed by atoms with Gasteiger partial charge in [0.25, 0.3) is 5.91 Å². The molecule has 1 amide bonds. The molecule has 1 fully saturated rings. The van der Waals surface area contributed by atoms with Crippen LogP contribution in [0.1, 0.15) is 24.2 Å². The molecule has 0 saturated carbocycles. The molecule has 0 atom stereocenters. The number of amides is 1. The number of anilines is 1. The predicted molar refractivity (Wildman–Crippen MR) is 85.2 cm³/mol. The number of thioether (sulfide) groups is 1. The van der Waals surface area contributed by atoms with E-state index in [0.717, 1.165) is 35.3 Å². The molecule has 5 heteroatoms. The summed E-state index contributed by atoms with van der Waals surface area (Å²) in [6.07, 6.45) is 1.79. The van der Waals surface area contributed by atoms with E-state index in [1.165, 1.54) is 0 Å². The Labute approximate surface area is 122 Å². The number of nitrogen functional groups attached to an aromatic ring is 1. The summed E-state index contributed by atoms with van der Waals surface area (Å²) in [5.41, 5.74) is 8.18. The van der Waals surface area contributed by atoms with Crippen molar-refractivity contribution in [2.24, 2.45) is 0 Å². The summed E-state index contributed by atoms with van der Waals surface area (Å²) in [7, 11) is 0. The van der Waals surface area contributed by atoms with Crippen LogP contribution in [-0.4, -0.2) is 39.4 Å². The molecule has 1 saturated heterocycles. The molecule has 1 aromatic carbocycles. The molecule has 3 rings (SSSR count). The van der Waals surface area contributed by atoms with Gasteiger partial charge in [0.15, 0.2) is 0 Å². The molecule has 0 radical (unpaired) electrons. The number of hydrogen-bond donors (Lipinski definition) is 2. The Bertz CT molecular complexity index is 662. The first-order valence-electron chi connectivity index (χ1n) is 6.76. The molecule has 1 aliphatic heterocycles. The number of rotatable bonds is 1. The van der Waals surface area contributed by atoms with Gasteiger partial charge < -0.3 is 15.6 Å². The third-order valence-electron chi connectivity index (χ3n) is 3.65. The first-order valence-corrected chi connectivity index (χ1v) is 7.75. The third kappa shape index (κ3) is 2.38. The van der Waals surface area contributed by atoms with Crippen LogP contribution in [0.4, 0.5) is 5.69 Å². The average Bonchev–Trinajstić information content (AvgIpc) is 2.79. The van der Waals surface area contributed by atoms with E-state index in [2.05, 4.69) is 18.8 Å². The molecular formula is C15H19N3OS. The van der Waals surface area contributed by atoms with E-state index in [1.54, 1.807) is 6.20 Å². The van der Waals surface area contributed by atoms with Crippen LogP contribution < -0.4 is 5.73 Å². The van der Waals surface area contributed by atoms with Gasteiger partial charge in [-0.15, -0.1) is 0 Å². The number of aromatic nitrogens is 1. The van der Waals surface area contributed by atoms with Gasteiger partial charge >= 0.3 is 0 Å². The normalized spacial score (nSPS) is 18.4. The second-order valence-corrected chi connectivity index (χ2v) is 7.64. The predicted octanol–water partition coefficient (Wildman–Crippen LogP) is 2.72. The van der Waals surface area contributed by atoms with Crippen molar-refractivity contribution in [2.45, 2.75) is 18.6 Å². The number of fused-ring (bicyclic) bond motifs is 1. The monoisotopic (exact) mass is 289 g/mol. The molecular weight excluding hydrogens is 270 g/mol. The number of H-pyrrole nitrogens is 1. The number of aromatic amines is 1. The van der Waals surface area contributed by atoms with Crippen LogP contribution in [0.2, 0.25) is 0 Å². The SMILES string of the molecule is CC1(C)CN(C(=O)c2c[nH]c3ccc(N)cc23)CCS1. The van der Waals surface area contributed by atoms with E-state index < -0.39 is 0 Å². The van der Waals surface area contributed by atoms with Gasteiger partial charge in [-0.2, -0.15) is 11.8 Å². The molecule has 1 aromatic heterocycles. The van der Waals surface area contributed by atoms with E-state index in [0.29, 0.717) is 5.69 Å². The van der Waals surface area contributed by atoms with Gasteiger partial charge in [0.05, 0.1) is 5.56 Å². The Hall–Kier alpha value is -1.62. The van der Waals surface area contributed by atoms with Crippen molar-refractivity contribution in [3.8, 4) is 0 Å². The molecule has 0 bridgehead atoms. The summed E-state index contributed by atoms with van der Waals surface area (Å²) in [4.78, 5) is 17.8. The fourth-order valence-corrected chi connectivity index (χ4v) is 3.79. The van der Waals surface area contributed by atoms with Crippen molar-refractivity contribution in [1.29, 1.82) is 0 Å². The van der Waals surface area contributed by atoms with Crippen LogP contribution in [-0.2, 0) is 0 Å². The van der Waals surface area contributed by atoms with Gasteiger partial charge in [-0.1, -0.05) is 0 Å². The highest BCUT2D eigenvalue weighted by atomic mass is 32.2. The van der Waals surface area contributed by atoms with Gasteiger partial charge in [-0.05, 0) is 32.0 Å². The van der Waals surface area contributed by atoms with Crippen molar-refractivity contribution < 1.29 is 4.79 Å². The van der Waals surface area contributed by atoms with Gasteiger partial charge in [0.2, 0.25) is 0 Å². The molecule has 20 heavy (non-hydrogen) atoms. The minimum Gasteiger partial charge on any atom is -0.399 e. The van der Waals surface area contributed by atoms with Gasteiger partial charge in [0, 0.05) is 46.4 Å². The lowest BCUT2D eigenvalue weighted by atomic mass is 10.1. The minimum atomic E-state index is 0.0928. The molecule has 106 valence electrons. The van der Waals surface area contributed by atoms with Crippen molar-refractivity contribution in [3.05, 3.63) is 30.0 Å². The summed E-state index contributed by atoms with van der Waals surface area (Å²) in [6.45, 7) is 5.96. The molecule has 3 N–H and O–H groups in total. The number of carbonyl (C=O) groups excluding carboxylic acids is 1.